The summed E-state index contributed by atoms with van der Waals surface area (Å²) in [5, 5.41) is 3.95. The van der Waals surface area contributed by atoms with E-state index >= 15 is 0 Å². The molecule has 0 saturated carbocycles. The lowest BCUT2D eigenvalue weighted by molar-refractivity contribution is -0.283. The van der Waals surface area contributed by atoms with Gasteiger partial charge in [-0.2, -0.15) is 0 Å². The Morgan fingerprint density at radius 3 is 1.19 bits per heavy atom. The van der Waals surface area contributed by atoms with Gasteiger partial charge in [-0.1, -0.05) is 105 Å². The van der Waals surface area contributed by atoms with E-state index in [0.717, 1.165) is 65.7 Å². The maximum absolute atomic E-state index is 14.2. The SMILES string of the molecule is CO[C@H]1O[C@H](COC(=O)c2ccccc2)[C@@H](OP(c2cc(C)cc(C)c2)c2cc(C)cc(C)c2)C(OP(c2cc(C)cc(C)c2)c2cc(C)cc(C)c2)[C@H]1OC(=O)c1ccccc1. The van der Waals surface area contributed by atoms with Crippen LogP contribution in [0, 0.1) is 55.4 Å². The fourth-order valence-corrected chi connectivity index (χ4v) is 12.8. The number of hydrogen-bond donors (Lipinski definition) is 0. The zero-order valence-corrected chi connectivity index (χ0v) is 39.2. The zero-order chi connectivity index (χ0) is 44.8. The molecule has 0 aliphatic carbocycles. The van der Waals surface area contributed by atoms with E-state index in [0.29, 0.717) is 11.1 Å². The van der Waals surface area contributed by atoms with Crippen molar-refractivity contribution in [1.82, 2.24) is 0 Å². The molecular weight excluding hydrogens is 827 g/mol. The van der Waals surface area contributed by atoms with Gasteiger partial charge in [0, 0.05) is 28.3 Å². The lowest BCUT2D eigenvalue weighted by Crippen LogP contribution is -2.62. The number of ether oxygens (including phenoxy) is 4. The predicted molar refractivity (Wildman–Crippen MR) is 254 cm³/mol. The van der Waals surface area contributed by atoms with Crippen LogP contribution in [-0.4, -0.2) is 56.4 Å². The summed E-state index contributed by atoms with van der Waals surface area (Å²) in [6.07, 6.45) is -5.18. The molecule has 7 rings (SSSR count). The molecule has 63 heavy (non-hydrogen) atoms. The van der Waals surface area contributed by atoms with E-state index in [2.05, 4.69) is 128 Å². The van der Waals surface area contributed by atoms with Gasteiger partial charge in [0.15, 0.2) is 12.4 Å². The van der Waals surface area contributed by atoms with E-state index in [1.165, 1.54) is 7.11 Å². The highest BCUT2D eigenvalue weighted by Crippen LogP contribution is 2.47. The lowest BCUT2D eigenvalue weighted by atomic mass is 9.99. The first-order valence-electron chi connectivity index (χ1n) is 21.2. The first kappa shape index (κ1) is 46.0. The van der Waals surface area contributed by atoms with Crippen LogP contribution in [0.4, 0.5) is 0 Å². The summed E-state index contributed by atoms with van der Waals surface area (Å²) >= 11 is 0. The molecule has 0 aromatic heterocycles. The number of esters is 2. The lowest BCUT2D eigenvalue weighted by Gasteiger charge is -2.46. The summed E-state index contributed by atoms with van der Waals surface area (Å²) in [7, 11) is -1.69. The zero-order valence-electron chi connectivity index (χ0n) is 37.5. The summed E-state index contributed by atoms with van der Waals surface area (Å²) in [5.41, 5.74) is 9.48. The quantitative estimate of drug-likeness (QED) is 0.0790. The van der Waals surface area contributed by atoms with Crippen molar-refractivity contribution in [2.75, 3.05) is 13.7 Å². The second-order valence-corrected chi connectivity index (χ2v) is 20.3. The van der Waals surface area contributed by atoms with Crippen LogP contribution in [0.25, 0.3) is 0 Å². The highest BCUT2D eigenvalue weighted by atomic mass is 31.1. The van der Waals surface area contributed by atoms with E-state index in [9.17, 15) is 9.59 Å². The topological polar surface area (TPSA) is 89.5 Å². The third kappa shape index (κ3) is 11.6. The number of carbonyl (C=O) groups excluding carboxylic acids is 2. The van der Waals surface area contributed by atoms with Gasteiger partial charge in [0.05, 0.1) is 27.4 Å². The van der Waals surface area contributed by atoms with Gasteiger partial charge in [-0.05, 0) is 128 Å². The number of aryl methyl sites for hydroxylation is 8. The molecule has 0 spiro atoms. The van der Waals surface area contributed by atoms with Crippen LogP contribution >= 0.6 is 16.3 Å². The van der Waals surface area contributed by atoms with Crippen LogP contribution in [0.1, 0.15) is 65.2 Å². The monoisotopic (exact) mass is 882 g/mol. The molecule has 0 bridgehead atoms. The van der Waals surface area contributed by atoms with Gasteiger partial charge in [-0.15, -0.1) is 0 Å². The number of methoxy groups -OCH3 is 1. The van der Waals surface area contributed by atoms with Crippen molar-refractivity contribution in [3.05, 3.63) is 189 Å². The Morgan fingerprint density at radius 1 is 0.476 bits per heavy atom. The highest BCUT2D eigenvalue weighted by Gasteiger charge is 2.53. The Hall–Kier alpha value is -5.04. The van der Waals surface area contributed by atoms with Gasteiger partial charge < -0.3 is 28.0 Å². The summed E-state index contributed by atoms with van der Waals surface area (Å²) in [6, 6.07) is 43.5. The van der Waals surface area contributed by atoms with E-state index in [-0.39, 0.29) is 6.61 Å². The van der Waals surface area contributed by atoms with E-state index in [1.807, 2.05) is 12.1 Å². The Balaban J connectivity index is 1.43. The van der Waals surface area contributed by atoms with Crippen molar-refractivity contribution in [2.45, 2.75) is 86.1 Å². The van der Waals surface area contributed by atoms with Crippen molar-refractivity contribution in [3.8, 4) is 0 Å². The van der Waals surface area contributed by atoms with E-state index in [4.69, 9.17) is 28.0 Å². The van der Waals surface area contributed by atoms with Crippen LogP contribution in [0.5, 0.6) is 0 Å². The third-order valence-electron chi connectivity index (χ3n) is 10.7. The van der Waals surface area contributed by atoms with E-state index in [1.54, 1.807) is 48.5 Å². The molecule has 6 aromatic rings. The molecule has 5 atom stereocenters. The summed E-state index contributed by atoms with van der Waals surface area (Å²) in [5.74, 6) is -1.08. The summed E-state index contributed by atoms with van der Waals surface area (Å²) < 4.78 is 40.7. The molecule has 1 aliphatic heterocycles. The molecule has 6 aromatic carbocycles. The number of benzene rings is 6. The minimum absolute atomic E-state index is 0.203. The molecule has 0 amide bonds. The van der Waals surface area contributed by atoms with Crippen molar-refractivity contribution >= 4 is 49.5 Å². The van der Waals surface area contributed by atoms with Gasteiger partial charge >= 0.3 is 11.9 Å². The van der Waals surface area contributed by atoms with Crippen LogP contribution < -0.4 is 21.2 Å². The number of rotatable bonds is 14. The minimum atomic E-state index is -1.61. The molecule has 326 valence electrons. The van der Waals surface area contributed by atoms with Gasteiger partial charge in [0.2, 0.25) is 0 Å². The fourth-order valence-electron chi connectivity index (χ4n) is 8.21. The average Bonchev–Trinajstić information content (AvgIpc) is 3.23. The van der Waals surface area contributed by atoms with E-state index < -0.39 is 58.9 Å². The van der Waals surface area contributed by atoms with Crippen LogP contribution in [0.2, 0.25) is 0 Å². The molecule has 1 heterocycles. The molecule has 1 unspecified atom stereocenters. The smallest absolute Gasteiger partial charge is 0.338 e. The highest BCUT2D eigenvalue weighted by molar-refractivity contribution is 7.69. The number of carbonyl (C=O) groups is 2. The Labute approximate surface area is 374 Å². The maximum Gasteiger partial charge on any atom is 0.338 e. The van der Waals surface area contributed by atoms with Crippen molar-refractivity contribution in [1.29, 1.82) is 0 Å². The van der Waals surface area contributed by atoms with Gasteiger partial charge in [-0.25, -0.2) is 9.59 Å². The molecule has 1 aliphatic rings. The summed E-state index contributed by atoms with van der Waals surface area (Å²) in [6.45, 7) is 16.4. The standard InChI is InChI=1S/C53H56O8P2/c1-33-20-34(2)25-43(24-33)62(44-26-35(3)21-36(4)27-44)60-48-47(32-57-51(54)41-16-12-10-13-17-41)58-53(56-9)50(59-52(55)42-18-14-11-15-19-42)49(48)61-63(45-28-37(5)22-38(6)29-45)46-30-39(7)23-40(8)31-46/h10-31,47-50,53H,32H2,1-9H3/t47-,48-,49?,50-,53+/m1/s1. The largest absolute Gasteiger partial charge is 0.459 e. The second-order valence-electron chi connectivity index (χ2n) is 16.6. The molecule has 10 heteroatoms. The fraction of sp³-hybridized carbons (Fsp3) is 0.283. The Kier molecular flexibility index (Phi) is 15.1. The van der Waals surface area contributed by atoms with Gasteiger partial charge in [0.25, 0.3) is 0 Å². The van der Waals surface area contributed by atoms with Crippen molar-refractivity contribution in [3.63, 3.8) is 0 Å². The van der Waals surface area contributed by atoms with Crippen LogP contribution in [-0.2, 0) is 28.0 Å². The predicted octanol–water partition coefficient (Wildman–Crippen LogP) is 9.77. The van der Waals surface area contributed by atoms with Crippen LogP contribution in [0.3, 0.4) is 0 Å². The molecule has 0 N–H and O–H groups in total. The normalized spacial score (nSPS) is 18.7. The van der Waals surface area contributed by atoms with Gasteiger partial charge in [-0.3, -0.25) is 0 Å². The molecule has 1 saturated heterocycles. The minimum Gasteiger partial charge on any atom is -0.459 e. The van der Waals surface area contributed by atoms with Crippen molar-refractivity contribution in [2.24, 2.45) is 0 Å². The third-order valence-corrected chi connectivity index (χ3v) is 14.5. The maximum atomic E-state index is 14.2. The summed E-state index contributed by atoms with van der Waals surface area (Å²) in [4.78, 5) is 27.9. The Morgan fingerprint density at radius 2 is 0.825 bits per heavy atom. The molecule has 1 fully saturated rings. The van der Waals surface area contributed by atoms with Crippen LogP contribution in [0.15, 0.2) is 133 Å². The molecule has 0 radical (unpaired) electrons. The molecular formula is C53H56O8P2. The molecule has 8 nitrogen and oxygen atoms in total. The first-order chi connectivity index (χ1) is 30.2. The van der Waals surface area contributed by atoms with Crippen molar-refractivity contribution < 1.29 is 37.6 Å². The second kappa shape index (κ2) is 20.6. The first-order valence-corrected chi connectivity index (χ1v) is 23.7. The number of hydrogen-bond acceptors (Lipinski definition) is 8. The Bertz CT molecular complexity index is 2360. The average molecular weight is 883 g/mol. The van der Waals surface area contributed by atoms with Gasteiger partial charge in [0.1, 0.15) is 24.9 Å².